The van der Waals surface area contributed by atoms with Crippen LogP contribution >= 0.6 is 0 Å². The first-order valence-electron chi connectivity index (χ1n) is 6.72. The van der Waals surface area contributed by atoms with Gasteiger partial charge in [-0.05, 0) is 44.9 Å². The second-order valence-corrected chi connectivity index (χ2v) is 8.72. The Bertz CT molecular complexity index is 539. The van der Waals surface area contributed by atoms with Crippen LogP contribution in [0.5, 0.6) is 0 Å². The Labute approximate surface area is 122 Å². The molecule has 2 N–H and O–H groups in total. The van der Waals surface area contributed by atoms with Crippen LogP contribution < -0.4 is 10.0 Å². The number of sulfonamides is 1. The van der Waals surface area contributed by atoms with Crippen molar-refractivity contribution in [3.05, 3.63) is 17.9 Å². The zero-order valence-corrected chi connectivity index (χ0v) is 14.0. The second kappa shape index (κ2) is 5.87. The van der Waals surface area contributed by atoms with E-state index in [4.69, 9.17) is 4.42 Å². The minimum absolute atomic E-state index is 0.0485. The summed E-state index contributed by atoms with van der Waals surface area (Å²) in [6.07, 6.45) is 1.00. The quantitative estimate of drug-likeness (QED) is 0.847. The molecule has 0 unspecified atom stereocenters. The maximum atomic E-state index is 11.6. The second-order valence-electron chi connectivity index (χ2n) is 6.90. The van der Waals surface area contributed by atoms with Gasteiger partial charge in [0, 0.05) is 5.54 Å². The average molecular weight is 302 g/mol. The van der Waals surface area contributed by atoms with Gasteiger partial charge in [-0.2, -0.15) is 0 Å². The molecule has 5 nitrogen and oxygen atoms in total. The number of furan rings is 1. The zero-order chi connectivity index (χ0) is 15.6. The lowest BCUT2D eigenvalue weighted by molar-refractivity contribution is 0.234. The Morgan fingerprint density at radius 1 is 1.15 bits per heavy atom. The Kier molecular flexibility index (Phi) is 5.05. The molecule has 0 aromatic carbocycles. The fourth-order valence-corrected chi connectivity index (χ4v) is 3.08. The Balaban J connectivity index is 2.68. The smallest absolute Gasteiger partial charge is 0.273 e. The molecule has 0 aliphatic carbocycles. The van der Waals surface area contributed by atoms with Crippen molar-refractivity contribution >= 4 is 10.0 Å². The normalized spacial score (nSPS) is 13.7. The molecule has 1 aromatic heterocycles. The van der Waals surface area contributed by atoms with Crippen LogP contribution in [-0.4, -0.2) is 21.0 Å². The van der Waals surface area contributed by atoms with E-state index >= 15 is 0 Å². The van der Waals surface area contributed by atoms with Gasteiger partial charge in [0.05, 0.1) is 6.54 Å². The van der Waals surface area contributed by atoms with Crippen molar-refractivity contribution in [3.8, 4) is 0 Å². The SMILES string of the molecule is CNS(=O)(=O)c1ccc(CNC(C)(C)CC(C)(C)C)o1. The van der Waals surface area contributed by atoms with Crippen LogP contribution in [0.4, 0.5) is 0 Å². The lowest BCUT2D eigenvalue weighted by atomic mass is 9.82. The standard InChI is InChI=1S/C14H26N2O3S/c1-13(2,3)10-14(4,5)16-9-11-7-8-12(19-11)20(17,18)15-6/h7-8,15-16H,9-10H2,1-6H3. The fraction of sp³-hybridized carbons (Fsp3) is 0.714. The van der Waals surface area contributed by atoms with Crippen LogP contribution in [0.15, 0.2) is 21.6 Å². The Morgan fingerprint density at radius 3 is 2.25 bits per heavy atom. The Morgan fingerprint density at radius 2 is 1.75 bits per heavy atom. The molecule has 0 saturated heterocycles. The molecule has 0 atom stereocenters. The maximum absolute atomic E-state index is 11.6. The van der Waals surface area contributed by atoms with Gasteiger partial charge < -0.3 is 9.73 Å². The van der Waals surface area contributed by atoms with Gasteiger partial charge in [0.25, 0.3) is 10.0 Å². The summed E-state index contributed by atoms with van der Waals surface area (Å²) in [6, 6.07) is 3.16. The Hall–Kier alpha value is -0.850. The molecule has 0 amide bonds. The van der Waals surface area contributed by atoms with E-state index in [1.165, 1.54) is 13.1 Å². The highest BCUT2D eigenvalue weighted by atomic mass is 32.2. The summed E-state index contributed by atoms with van der Waals surface area (Å²) in [4.78, 5) is 0. The van der Waals surface area contributed by atoms with Crippen LogP contribution in [0, 0.1) is 5.41 Å². The van der Waals surface area contributed by atoms with E-state index in [0.29, 0.717) is 12.3 Å². The molecule has 1 rings (SSSR count). The summed E-state index contributed by atoms with van der Waals surface area (Å²) in [6.45, 7) is 11.4. The van der Waals surface area contributed by atoms with Crippen LogP contribution in [0.1, 0.15) is 46.8 Å². The monoisotopic (exact) mass is 302 g/mol. The molecule has 20 heavy (non-hydrogen) atoms. The van der Waals surface area contributed by atoms with Crippen LogP contribution in [0.3, 0.4) is 0 Å². The first-order chi connectivity index (χ1) is 8.95. The molecule has 1 heterocycles. The highest BCUT2D eigenvalue weighted by molar-refractivity contribution is 7.89. The molecular formula is C14H26N2O3S. The number of rotatable bonds is 6. The van der Waals surface area contributed by atoms with Crippen molar-refractivity contribution in [3.63, 3.8) is 0 Å². The molecule has 0 aliphatic rings. The predicted octanol–water partition coefficient (Wildman–Crippen LogP) is 2.49. The van der Waals surface area contributed by atoms with Crippen molar-refractivity contribution in [2.75, 3.05) is 7.05 Å². The maximum Gasteiger partial charge on any atom is 0.273 e. The topological polar surface area (TPSA) is 71.3 Å². The molecule has 0 aliphatic heterocycles. The van der Waals surface area contributed by atoms with Gasteiger partial charge in [0.15, 0.2) is 0 Å². The molecule has 0 fully saturated rings. The molecule has 116 valence electrons. The lowest BCUT2D eigenvalue weighted by Gasteiger charge is -2.33. The van der Waals surface area contributed by atoms with E-state index in [1.807, 2.05) is 0 Å². The van der Waals surface area contributed by atoms with Gasteiger partial charge in [-0.25, -0.2) is 13.1 Å². The van der Waals surface area contributed by atoms with E-state index in [1.54, 1.807) is 6.07 Å². The summed E-state index contributed by atoms with van der Waals surface area (Å²) < 4.78 is 30.7. The van der Waals surface area contributed by atoms with Gasteiger partial charge in [-0.3, -0.25) is 0 Å². The van der Waals surface area contributed by atoms with Crippen LogP contribution in [0.2, 0.25) is 0 Å². The molecule has 0 saturated carbocycles. The van der Waals surface area contributed by atoms with Crippen molar-refractivity contribution in [1.29, 1.82) is 0 Å². The van der Waals surface area contributed by atoms with Crippen molar-refractivity contribution in [1.82, 2.24) is 10.0 Å². The lowest BCUT2D eigenvalue weighted by Crippen LogP contribution is -2.41. The summed E-state index contributed by atoms with van der Waals surface area (Å²) in [5, 5.41) is 3.36. The third-order valence-corrected chi connectivity index (χ3v) is 4.17. The van der Waals surface area contributed by atoms with E-state index in [9.17, 15) is 8.42 Å². The fourth-order valence-electron chi connectivity index (χ4n) is 2.41. The number of hydrogen-bond acceptors (Lipinski definition) is 4. The third-order valence-electron chi connectivity index (χ3n) is 2.88. The van der Waals surface area contributed by atoms with Gasteiger partial charge in [0.1, 0.15) is 5.76 Å². The predicted molar refractivity (Wildman–Crippen MR) is 79.9 cm³/mol. The molecule has 1 aromatic rings. The number of nitrogens with one attached hydrogen (secondary N) is 2. The summed E-state index contributed by atoms with van der Waals surface area (Å²) in [7, 11) is -2.14. The summed E-state index contributed by atoms with van der Waals surface area (Å²) >= 11 is 0. The van der Waals surface area contributed by atoms with Crippen molar-refractivity contribution < 1.29 is 12.8 Å². The highest BCUT2D eigenvalue weighted by Crippen LogP contribution is 2.27. The van der Waals surface area contributed by atoms with Crippen molar-refractivity contribution in [2.24, 2.45) is 5.41 Å². The molecule has 6 heteroatoms. The molecule has 0 spiro atoms. The van der Waals surface area contributed by atoms with E-state index < -0.39 is 10.0 Å². The zero-order valence-electron chi connectivity index (χ0n) is 13.2. The van der Waals surface area contributed by atoms with Gasteiger partial charge in [-0.1, -0.05) is 20.8 Å². The van der Waals surface area contributed by atoms with Gasteiger partial charge in [0.2, 0.25) is 5.09 Å². The summed E-state index contributed by atoms with van der Waals surface area (Å²) in [5.74, 6) is 0.612. The molecule has 0 bridgehead atoms. The van der Waals surface area contributed by atoms with E-state index in [2.05, 4.69) is 44.7 Å². The van der Waals surface area contributed by atoms with Crippen molar-refractivity contribution in [2.45, 2.75) is 58.2 Å². The third kappa shape index (κ3) is 5.26. The summed E-state index contributed by atoms with van der Waals surface area (Å²) in [5.41, 5.74) is 0.174. The van der Waals surface area contributed by atoms with Crippen LogP contribution in [-0.2, 0) is 16.6 Å². The average Bonchev–Trinajstić information content (AvgIpc) is 2.72. The molecular weight excluding hydrogens is 276 g/mol. The van der Waals surface area contributed by atoms with E-state index in [-0.39, 0.29) is 16.0 Å². The molecule has 0 radical (unpaired) electrons. The first kappa shape index (κ1) is 17.2. The minimum Gasteiger partial charge on any atom is -0.447 e. The number of hydrogen-bond donors (Lipinski definition) is 2. The first-order valence-corrected chi connectivity index (χ1v) is 8.21. The van der Waals surface area contributed by atoms with Gasteiger partial charge >= 0.3 is 0 Å². The van der Waals surface area contributed by atoms with Crippen LogP contribution in [0.25, 0.3) is 0 Å². The van der Waals surface area contributed by atoms with Gasteiger partial charge in [-0.15, -0.1) is 0 Å². The minimum atomic E-state index is -3.50. The largest absolute Gasteiger partial charge is 0.447 e. The van der Waals surface area contributed by atoms with E-state index in [0.717, 1.165) is 6.42 Å². The highest BCUT2D eigenvalue weighted by Gasteiger charge is 2.25.